The molecule has 0 spiro atoms. The molecule has 2 fully saturated rings. The van der Waals surface area contributed by atoms with Crippen LogP contribution in [-0.4, -0.2) is 36.5 Å². The van der Waals surface area contributed by atoms with Crippen molar-refractivity contribution in [3.63, 3.8) is 0 Å². The predicted octanol–water partition coefficient (Wildman–Crippen LogP) is 1.17. The Kier molecular flexibility index (Phi) is 4.69. The van der Waals surface area contributed by atoms with Crippen LogP contribution < -0.4 is 5.32 Å². The molecular formula is C10H19ClN2O. The first-order chi connectivity index (χ1) is 6.38. The zero-order valence-corrected chi connectivity index (χ0v) is 9.31. The number of likely N-dealkylation sites (tertiary alicyclic amines) is 1. The fourth-order valence-electron chi connectivity index (χ4n) is 2.23. The second-order valence-electron chi connectivity index (χ2n) is 4.03. The smallest absolute Gasteiger partial charge is 0.239 e. The van der Waals surface area contributed by atoms with E-state index >= 15 is 0 Å². The van der Waals surface area contributed by atoms with E-state index in [1.54, 1.807) is 0 Å². The minimum Gasteiger partial charge on any atom is -0.341 e. The van der Waals surface area contributed by atoms with Gasteiger partial charge >= 0.3 is 0 Å². The van der Waals surface area contributed by atoms with Crippen molar-refractivity contribution in [2.45, 2.75) is 38.1 Å². The van der Waals surface area contributed by atoms with Crippen molar-refractivity contribution in [2.75, 3.05) is 19.6 Å². The van der Waals surface area contributed by atoms with Crippen LogP contribution in [0.5, 0.6) is 0 Å². The summed E-state index contributed by atoms with van der Waals surface area (Å²) in [7, 11) is 0. The molecule has 1 amide bonds. The summed E-state index contributed by atoms with van der Waals surface area (Å²) in [6, 6.07) is 0.137. The Bertz CT molecular complexity index is 187. The maximum absolute atomic E-state index is 11.9. The Labute approximate surface area is 91.6 Å². The monoisotopic (exact) mass is 218 g/mol. The van der Waals surface area contributed by atoms with E-state index in [4.69, 9.17) is 0 Å². The third-order valence-corrected chi connectivity index (χ3v) is 3.03. The number of nitrogens with one attached hydrogen (secondary N) is 1. The lowest BCUT2D eigenvalue weighted by atomic mass is 10.1. The van der Waals surface area contributed by atoms with Crippen LogP contribution in [0.25, 0.3) is 0 Å². The lowest BCUT2D eigenvalue weighted by Crippen LogP contribution is -2.45. The molecule has 2 saturated heterocycles. The molecule has 4 heteroatoms. The summed E-state index contributed by atoms with van der Waals surface area (Å²) in [5.74, 6) is 0.345. The van der Waals surface area contributed by atoms with Gasteiger partial charge in [0.2, 0.25) is 5.91 Å². The summed E-state index contributed by atoms with van der Waals surface area (Å²) in [6.45, 7) is 2.98. The molecule has 0 aliphatic carbocycles. The second-order valence-corrected chi connectivity index (χ2v) is 4.03. The van der Waals surface area contributed by atoms with Crippen LogP contribution in [-0.2, 0) is 4.79 Å². The molecule has 2 aliphatic heterocycles. The van der Waals surface area contributed by atoms with E-state index in [1.807, 2.05) is 4.90 Å². The molecule has 2 heterocycles. The average Bonchev–Trinajstić information content (AvgIpc) is 2.71. The zero-order chi connectivity index (χ0) is 9.10. The van der Waals surface area contributed by atoms with Gasteiger partial charge in [-0.2, -0.15) is 0 Å². The number of carbonyl (C=O) groups excluding carboxylic acids is 1. The number of amides is 1. The van der Waals surface area contributed by atoms with Gasteiger partial charge in [-0.25, -0.2) is 0 Å². The summed E-state index contributed by atoms with van der Waals surface area (Å²) >= 11 is 0. The average molecular weight is 219 g/mol. The third kappa shape index (κ3) is 2.61. The van der Waals surface area contributed by atoms with Gasteiger partial charge in [0, 0.05) is 13.1 Å². The zero-order valence-electron chi connectivity index (χ0n) is 8.50. The number of halogens is 1. The minimum absolute atomic E-state index is 0. The van der Waals surface area contributed by atoms with Crippen LogP contribution in [0.1, 0.15) is 32.1 Å². The molecule has 0 saturated carbocycles. The van der Waals surface area contributed by atoms with E-state index in [9.17, 15) is 4.79 Å². The van der Waals surface area contributed by atoms with Crippen molar-refractivity contribution < 1.29 is 4.79 Å². The predicted molar refractivity (Wildman–Crippen MR) is 58.7 cm³/mol. The molecule has 0 radical (unpaired) electrons. The van der Waals surface area contributed by atoms with Crippen molar-refractivity contribution in [1.82, 2.24) is 10.2 Å². The van der Waals surface area contributed by atoms with Gasteiger partial charge in [0.05, 0.1) is 6.04 Å². The Morgan fingerprint density at radius 1 is 1.14 bits per heavy atom. The Morgan fingerprint density at radius 2 is 1.86 bits per heavy atom. The number of nitrogens with zero attached hydrogens (tertiary/aromatic N) is 1. The topological polar surface area (TPSA) is 32.3 Å². The summed E-state index contributed by atoms with van der Waals surface area (Å²) in [5.41, 5.74) is 0. The Hall–Kier alpha value is -0.280. The highest BCUT2D eigenvalue weighted by molar-refractivity contribution is 5.85. The highest BCUT2D eigenvalue weighted by Crippen LogP contribution is 2.13. The van der Waals surface area contributed by atoms with Crippen molar-refractivity contribution in [1.29, 1.82) is 0 Å². The van der Waals surface area contributed by atoms with E-state index in [0.29, 0.717) is 5.91 Å². The van der Waals surface area contributed by atoms with Gasteiger partial charge in [0.15, 0.2) is 0 Å². The molecular weight excluding hydrogens is 200 g/mol. The van der Waals surface area contributed by atoms with Gasteiger partial charge in [0.1, 0.15) is 0 Å². The number of piperidine rings is 1. The van der Waals surface area contributed by atoms with Crippen molar-refractivity contribution in [2.24, 2.45) is 0 Å². The fraction of sp³-hybridized carbons (Fsp3) is 0.900. The van der Waals surface area contributed by atoms with E-state index in [0.717, 1.165) is 32.5 Å². The third-order valence-electron chi connectivity index (χ3n) is 3.03. The number of rotatable bonds is 1. The Morgan fingerprint density at radius 3 is 2.43 bits per heavy atom. The molecule has 82 valence electrons. The Balaban J connectivity index is 0.000000980. The highest BCUT2D eigenvalue weighted by atomic mass is 35.5. The first-order valence-electron chi connectivity index (χ1n) is 5.40. The normalized spacial score (nSPS) is 27.1. The van der Waals surface area contributed by atoms with Crippen LogP contribution in [0.3, 0.4) is 0 Å². The van der Waals surface area contributed by atoms with Gasteiger partial charge in [-0.3, -0.25) is 4.79 Å². The van der Waals surface area contributed by atoms with Crippen molar-refractivity contribution in [3.05, 3.63) is 0 Å². The van der Waals surface area contributed by atoms with Crippen molar-refractivity contribution in [3.8, 4) is 0 Å². The SMILES string of the molecule is Cl.O=C(C1CCCN1)N1CCCCC1. The summed E-state index contributed by atoms with van der Waals surface area (Å²) in [5, 5.41) is 3.26. The molecule has 1 atom stereocenters. The van der Waals surface area contributed by atoms with Gasteiger partial charge in [-0.1, -0.05) is 0 Å². The second kappa shape index (κ2) is 5.56. The maximum Gasteiger partial charge on any atom is 0.239 e. The standard InChI is InChI=1S/C10H18N2O.ClH/c13-10(9-5-4-6-11-9)12-7-2-1-3-8-12;/h9,11H,1-8H2;1H. The quantitative estimate of drug-likeness (QED) is 0.717. The number of hydrogen-bond donors (Lipinski definition) is 1. The lowest BCUT2D eigenvalue weighted by molar-refractivity contribution is -0.133. The van der Waals surface area contributed by atoms with Crippen LogP contribution >= 0.6 is 12.4 Å². The highest BCUT2D eigenvalue weighted by Gasteiger charge is 2.27. The lowest BCUT2D eigenvalue weighted by Gasteiger charge is -2.29. The molecule has 2 aliphatic rings. The molecule has 2 rings (SSSR count). The summed E-state index contributed by atoms with van der Waals surface area (Å²) in [4.78, 5) is 13.9. The molecule has 1 N–H and O–H groups in total. The van der Waals surface area contributed by atoms with E-state index in [1.165, 1.54) is 19.3 Å². The van der Waals surface area contributed by atoms with Crippen LogP contribution in [0.2, 0.25) is 0 Å². The molecule has 0 aromatic rings. The van der Waals surface area contributed by atoms with Crippen LogP contribution in [0.15, 0.2) is 0 Å². The van der Waals surface area contributed by atoms with Crippen molar-refractivity contribution >= 4 is 18.3 Å². The molecule has 14 heavy (non-hydrogen) atoms. The van der Waals surface area contributed by atoms with E-state index < -0.39 is 0 Å². The molecule has 0 aromatic carbocycles. The van der Waals surface area contributed by atoms with Gasteiger partial charge in [-0.05, 0) is 38.6 Å². The van der Waals surface area contributed by atoms with Crippen LogP contribution in [0.4, 0.5) is 0 Å². The summed E-state index contributed by atoms with van der Waals surface area (Å²) in [6.07, 6.45) is 5.87. The van der Waals surface area contributed by atoms with E-state index in [-0.39, 0.29) is 18.4 Å². The molecule has 0 aromatic heterocycles. The van der Waals surface area contributed by atoms with E-state index in [2.05, 4.69) is 5.32 Å². The molecule has 1 unspecified atom stereocenters. The molecule has 0 bridgehead atoms. The number of hydrogen-bond acceptors (Lipinski definition) is 2. The van der Waals surface area contributed by atoms with Gasteiger partial charge in [0.25, 0.3) is 0 Å². The van der Waals surface area contributed by atoms with Gasteiger partial charge < -0.3 is 10.2 Å². The first-order valence-corrected chi connectivity index (χ1v) is 5.40. The first kappa shape index (κ1) is 11.8. The largest absolute Gasteiger partial charge is 0.341 e. The minimum atomic E-state index is 0. The van der Waals surface area contributed by atoms with Gasteiger partial charge in [-0.15, -0.1) is 12.4 Å². The van der Waals surface area contributed by atoms with Crippen LogP contribution in [0, 0.1) is 0 Å². The maximum atomic E-state index is 11.9. The summed E-state index contributed by atoms with van der Waals surface area (Å²) < 4.78 is 0. The number of carbonyl (C=O) groups is 1. The fourth-order valence-corrected chi connectivity index (χ4v) is 2.23. The molecule has 3 nitrogen and oxygen atoms in total.